The maximum atomic E-state index is 13.3. The van der Waals surface area contributed by atoms with Gasteiger partial charge in [0, 0.05) is 0 Å². The summed E-state index contributed by atoms with van der Waals surface area (Å²) in [6.07, 6.45) is 5.25. The van der Waals surface area contributed by atoms with Gasteiger partial charge in [-0.2, -0.15) is 4.72 Å². The van der Waals surface area contributed by atoms with Crippen LogP contribution in [-0.4, -0.2) is 14.5 Å². The quantitative estimate of drug-likeness (QED) is 0.860. The molecule has 0 bridgehead atoms. The molecule has 6 heteroatoms. The van der Waals surface area contributed by atoms with E-state index in [9.17, 15) is 12.8 Å². The zero-order valence-electron chi connectivity index (χ0n) is 9.94. The third kappa shape index (κ3) is 3.55. The highest BCUT2D eigenvalue weighted by molar-refractivity contribution is 9.10. The minimum atomic E-state index is -3.81. The zero-order chi connectivity index (χ0) is 13.9. The lowest BCUT2D eigenvalue weighted by Crippen LogP contribution is -2.37. The van der Waals surface area contributed by atoms with Crippen molar-refractivity contribution in [1.29, 1.82) is 0 Å². The number of halogens is 2. The Kier molecular flexibility index (Phi) is 4.91. The van der Waals surface area contributed by atoms with E-state index < -0.39 is 21.9 Å². The zero-order valence-corrected chi connectivity index (χ0v) is 12.3. The molecule has 0 fully saturated rings. The highest BCUT2D eigenvalue weighted by Crippen LogP contribution is 2.19. The van der Waals surface area contributed by atoms with Gasteiger partial charge < -0.3 is 0 Å². The highest BCUT2D eigenvalue weighted by atomic mass is 79.9. The Bertz CT molecular complexity index is 578. The molecule has 0 aliphatic carbocycles. The number of sulfonamides is 1. The largest absolute Gasteiger partial charge is 0.241 e. The molecule has 0 amide bonds. The van der Waals surface area contributed by atoms with Gasteiger partial charge in [-0.05, 0) is 40.0 Å². The first kappa shape index (κ1) is 15.2. The van der Waals surface area contributed by atoms with Crippen LogP contribution in [0.25, 0.3) is 0 Å². The molecule has 3 nitrogen and oxygen atoms in total. The SMILES string of the molecule is C#CC(NS(=O)(=O)c1ccc(Br)c(F)c1)C(C)C. The van der Waals surface area contributed by atoms with Crippen molar-refractivity contribution in [3.05, 3.63) is 28.5 Å². The Morgan fingerprint density at radius 1 is 1.44 bits per heavy atom. The van der Waals surface area contributed by atoms with Gasteiger partial charge in [-0.15, -0.1) is 6.42 Å². The maximum absolute atomic E-state index is 13.3. The molecule has 0 radical (unpaired) electrons. The van der Waals surface area contributed by atoms with Gasteiger partial charge in [0.25, 0.3) is 0 Å². The number of terminal acetylenes is 1. The van der Waals surface area contributed by atoms with E-state index in [4.69, 9.17) is 6.42 Å². The Hall–Kier alpha value is -0.900. The van der Waals surface area contributed by atoms with E-state index in [-0.39, 0.29) is 15.3 Å². The van der Waals surface area contributed by atoms with Crippen LogP contribution in [-0.2, 0) is 10.0 Å². The number of rotatable bonds is 4. The van der Waals surface area contributed by atoms with Crippen molar-refractivity contribution >= 4 is 26.0 Å². The first-order chi connectivity index (χ1) is 8.27. The molecule has 0 aliphatic heterocycles. The predicted molar refractivity (Wildman–Crippen MR) is 71.9 cm³/mol. The molecule has 0 aromatic heterocycles. The van der Waals surface area contributed by atoms with Gasteiger partial charge in [0.05, 0.1) is 15.4 Å². The van der Waals surface area contributed by atoms with Gasteiger partial charge in [0.15, 0.2) is 0 Å². The maximum Gasteiger partial charge on any atom is 0.241 e. The van der Waals surface area contributed by atoms with E-state index in [1.807, 2.05) is 0 Å². The lowest BCUT2D eigenvalue weighted by molar-refractivity contribution is 0.517. The van der Waals surface area contributed by atoms with Crippen LogP contribution in [0, 0.1) is 24.1 Å². The van der Waals surface area contributed by atoms with Crippen LogP contribution >= 0.6 is 15.9 Å². The second kappa shape index (κ2) is 5.83. The molecule has 0 saturated heterocycles. The van der Waals surface area contributed by atoms with Gasteiger partial charge in [-0.25, -0.2) is 12.8 Å². The Balaban J connectivity index is 3.07. The first-order valence-corrected chi connectivity index (χ1v) is 7.49. The van der Waals surface area contributed by atoms with Crippen molar-refractivity contribution in [2.24, 2.45) is 5.92 Å². The average molecular weight is 334 g/mol. The summed E-state index contributed by atoms with van der Waals surface area (Å²) in [5, 5.41) is 0. The molecule has 0 aliphatic rings. The Labute approximate surface area is 115 Å². The number of nitrogens with one attached hydrogen (secondary N) is 1. The van der Waals surface area contributed by atoms with E-state index >= 15 is 0 Å². The summed E-state index contributed by atoms with van der Waals surface area (Å²) in [6.45, 7) is 3.60. The molecule has 98 valence electrons. The normalized spacial score (nSPS) is 13.3. The van der Waals surface area contributed by atoms with E-state index in [2.05, 4.69) is 26.6 Å². The molecular weight excluding hydrogens is 321 g/mol. The van der Waals surface area contributed by atoms with E-state index in [1.165, 1.54) is 12.1 Å². The van der Waals surface area contributed by atoms with Crippen LogP contribution in [0.15, 0.2) is 27.6 Å². The summed E-state index contributed by atoms with van der Waals surface area (Å²) in [4.78, 5) is -0.149. The van der Waals surface area contributed by atoms with Crippen molar-refractivity contribution in [2.45, 2.75) is 24.8 Å². The van der Waals surface area contributed by atoms with Gasteiger partial charge in [0.1, 0.15) is 5.82 Å². The summed E-state index contributed by atoms with van der Waals surface area (Å²) < 4.78 is 39.8. The second-order valence-corrected chi connectivity index (χ2v) is 6.65. The Morgan fingerprint density at radius 2 is 2.06 bits per heavy atom. The molecule has 0 saturated carbocycles. The topological polar surface area (TPSA) is 46.2 Å². The minimum absolute atomic E-state index is 0.0509. The molecule has 1 N–H and O–H groups in total. The fourth-order valence-corrected chi connectivity index (χ4v) is 2.80. The van der Waals surface area contributed by atoms with Crippen LogP contribution in [0.2, 0.25) is 0 Å². The van der Waals surface area contributed by atoms with Gasteiger partial charge in [-0.3, -0.25) is 0 Å². The molecule has 1 aromatic carbocycles. The number of benzene rings is 1. The predicted octanol–water partition coefficient (Wildman–Crippen LogP) is 2.52. The van der Waals surface area contributed by atoms with Crippen molar-refractivity contribution in [1.82, 2.24) is 4.72 Å². The van der Waals surface area contributed by atoms with Gasteiger partial charge >= 0.3 is 0 Å². The van der Waals surface area contributed by atoms with Crippen molar-refractivity contribution in [3.63, 3.8) is 0 Å². The molecule has 1 aromatic rings. The molecule has 18 heavy (non-hydrogen) atoms. The van der Waals surface area contributed by atoms with Crippen molar-refractivity contribution < 1.29 is 12.8 Å². The lowest BCUT2D eigenvalue weighted by atomic mass is 10.1. The molecule has 1 unspecified atom stereocenters. The fraction of sp³-hybridized carbons (Fsp3) is 0.333. The molecule has 0 spiro atoms. The fourth-order valence-electron chi connectivity index (χ4n) is 1.24. The summed E-state index contributed by atoms with van der Waals surface area (Å²) in [7, 11) is -3.81. The standard InChI is InChI=1S/C12H13BrFNO2S/c1-4-12(8(2)3)15-18(16,17)9-5-6-10(13)11(14)7-9/h1,5-8,12,15H,2-3H3. The van der Waals surface area contributed by atoms with Crippen molar-refractivity contribution in [3.8, 4) is 12.3 Å². The Morgan fingerprint density at radius 3 is 2.50 bits per heavy atom. The third-order valence-electron chi connectivity index (χ3n) is 2.33. The van der Waals surface area contributed by atoms with Crippen LogP contribution in [0.3, 0.4) is 0 Å². The number of hydrogen-bond donors (Lipinski definition) is 1. The lowest BCUT2D eigenvalue weighted by Gasteiger charge is -2.16. The summed E-state index contributed by atoms with van der Waals surface area (Å²) in [6, 6.07) is 2.97. The molecular formula is C12H13BrFNO2S. The van der Waals surface area contributed by atoms with Crippen LogP contribution < -0.4 is 4.72 Å². The van der Waals surface area contributed by atoms with Crippen LogP contribution in [0.5, 0.6) is 0 Å². The average Bonchev–Trinajstić information content (AvgIpc) is 2.29. The van der Waals surface area contributed by atoms with Crippen LogP contribution in [0.1, 0.15) is 13.8 Å². The van der Waals surface area contributed by atoms with Gasteiger partial charge in [-0.1, -0.05) is 19.8 Å². The summed E-state index contributed by atoms with van der Waals surface area (Å²) in [5.41, 5.74) is 0. The third-order valence-corrected chi connectivity index (χ3v) is 4.41. The van der Waals surface area contributed by atoms with Gasteiger partial charge in [0.2, 0.25) is 10.0 Å². The summed E-state index contributed by atoms with van der Waals surface area (Å²) in [5.74, 6) is 1.67. The smallest absolute Gasteiger partial charge is 0.207 e. The molecule has 0 heterocycles. The van der Waals surface area contributed by atoms with Crippen molar-refractivity contribution in [2.75, 3.05) is 0 Å². The number of hydrogen-bond acceptors (Lipinski definition) is 2. The second-order valence-electron chi connectivity index (χ2n) is 4.09. The first-order valence-electron chi connectivity index (χ1n) is 5.21. The van der Waals surface area contributed by atoms with E-state index in [0.29, 0.717) is 0 Å². The summed E-state index contributed by atoms with van der Waals surface area (Å²) >= 11 is 2.96. The molecule has 1 rings (SSSR count). The van der Waals surface area contributed by atoms with Crippen LogP contribution in [0.4, 0.5) is 4.39 Å². The highest BCUT2D eigenvalue weighted by Gasteiger charge is 2.21. The van der Waals surface area contributed by atoms with E-state index in [1.54, 1.807) is 13.8 Å². The monoisotopic (exact) mass is 333 g/mol. The molecule has 1 atom stereocenters. The minimum Gasteiger partial charge on any atom is -0.207 e. The van der Waals surface area contributed by atoms with E-state index in [0.717, 1.165) is 6.07 Å².